The lowest BCUT2D eigenvalue weighted by atomic mass is 9.98. The number of hydrogen-bond acceptors (Lipinski definition) is 6. The third-order valence-corrected chi connectivity index (χ3v) is 5.54. The Morgan fingerprint density at radius 3 is 2.38 bits per heavy atom. The third-order valence-electron chi connectivity index (χ3n) is 5.54. The number of carbonyl (C=O) groups is 2. The number of likely N-dealkylation sites (tertiary alicyclic amines) is 1. The summed E-state index contributed by atoms with van der Waals surface area (Å²) in [6.07, 6.45) is 1.60. The molecule has 1 atom stereocenters. The number of aliphatic hydroxyl groups is 1. The number of carbonyl (C=O) groups excluding carboxylic acids is 2. The molecule has 4 rings (SSSR count). The van der Waals surface area contributed by atoms with Crippen molar-refractivity contribution in [1.29, 1.82) is 0 Å². The average Bonchev–Trinajstić information content (AvgIpc) is 3.09. The average molecular weight is 459 g/mol. The number of aliphatic hydroxyl groups excluding tert-OH is 1. The van der Waals surface area contributed by atoms with Gasteiger partial charge in [0.25, 0.3) is 11.7 Å². The standard InChI is InChI=1S/C27H26N2O5/c1-17(2)34-20-13-11-18(12-14-20)25(30)23-24(21-9-6-7-15-28-21)29(27(32)26(23)31)16-19-8-4-5-10-22(19)33-3/h4-15,17,24,30H,16H2,1-3H3/b25-23-. The summed E-state index contributed by atoms with van der Waals surface area (Å²) in [5.74, 6) is -0.476. The van der Waals surface area contributed by atoms with Gasteiger partial charge in [-0.1, -0.05) is 24.3 Å². The van der Waals surface area contributed by atoms with Crippen LogP contribution in [0.1, 0.15) is 36.7 Å². The number of methoxy groups -OCH3 is 1. The van der Waals surface area contributed by atoms with Gasteiger partial charge in [-0.15, -0.1) is 0 Å². The maximum atomic E-state index is 13.2. The SMILES string of the molecule is COc1ccccc1CN1C(=O)C(=O)/C(=C(\O)c2ccc(OC(C)C)cc2)C1c1ccccn1. The molecule has 0 spiro atoms. The van der Waals surface area contributed by atoms with E-state index in [2.05, 4.69) is 4.98 Å². The van der Waals surface area contributed by atoms with Crippen molar-refractivity contribution in [2.45, 2.75) is 32.5 Å². The molecule has 0 radical (unpaired) electrons. The molecule has 0 bridgehead atoms. The summed E-state index contributed by atoms with van der Waals surface area (Å²) >= 11 is 0. The van der Waals surface area contributed by atoms with Gasteiger partial charge in [0.2, 0.25) is 0 Å². The number of hydrogen-bond donors (Lipinski definition) is 1. The highest BCUT2D eigenvalue weighted by molar-refractivity contribution is 6.46. The second-order valence-electron chi connectivity index (χ2n) is 8.18. The van der Waals surface area contributed by atoms with Gasteiger partial charge in [0.05, 0.1) is 31.0 Å². The fraction of sp³-hybridized carbons (Fsp3) is 0.222. The van der Waals surface area contributed by atoms with Gasteiger partial charge in [0, 0.05) is 17.3 Å². The first-order valence-electron chi connectivity index (χ1n) is 11.0. The molecule has 1 unspecified atom stereocenters. The van der Waals surface area contributed by atoms with E-state index in [1.54, 1.807) is 61.8 Å². The highest BCUT2D eigenvalue weighted by Crippen LogP contribution is 2.40. The molecule has 2 heterocycles. The lowest BCUT2D eigenvalue weighted by molar-refractivity contribution is -0.140. The van der Waals surface area contributed by atoms with E-state index in [0.717, 1.165) is 5.56 Å². The van der Waals surface area contributed by atoms with Crippen LogP contribution < -0.4 is 9.47 Å². The van der Waals surface area contributed by atoms with E-state index in [0.29, 0.717) is 22.8 Å². The minimum atomic E-state index is -0.849. The summed E-state index contributed by atoms with van der Waals surface area (Å²) in [4.78, 5) is 32.2. The van der Waals surface area contributed by atoms with Crippen LogP contribution in [0.25, 0.3) is 5.76 Å². The smallest absolute Gasteiger partial charge is 0.296 e. The Hall–Kier alpha value is -4.13. The second kappa shape index (κ2) is 9.79. The Morgan fingerprint density at radius 1 is 1.03 bits per heavy atom. The summed E-state index contributed by atoms with van der Waals surface area (Å²) < 4.78 is 11.1. The van der Waals surface area contributed by atoms with Gasteiger partial charge >= 0.3 is 0 Å². The third kappa shape index (κ3) is 4.50. The molecule has 0 aliphatic carbocycles. The number of nitrogens with zero attached hydrogens (tertiary/aromatic N) is 2. The molecule has 1 amide bonds. The van der Waals surface area contributed by atoms with Crippen molar-refractivity contribution in [3.05, 3.63) is 95.3 Å². The van der Waals surface area contributed by atoms with Gasteiger partial charge in [0.15, 0.2) is 0 Å². The van der Waals surface area contributed by atoms with Crippen LogP contribution in [0.5, 0.6) is 11.5 Å². The fourth-order valence-corrected chi connectivity index (χ4v) is 4.02. The summed E-state index contributed by atoms with van der Waals surface area (Å²) in [5, 5.41) is 11.2. The molecule has 0 saturated carbocycles. The molecule has 174 valence electrons. The number of ketones is 1. The molecule has 1 aromatic heterocycles. The quantitative estimate of drug-likeness (QED) is 0.319. The predicted molar refractivity (Wildman–Crippen MR) is 127 cm³/mol. The Bertz CT molecular complexity index is 1220. The van der Waals surface area contributed by atoms with Crippen LogP contribution in [0.2, 0.25) is 0 Å². The Kier molecular flexibility index (Phi) is 6.63. The predicted octanol–water partition coefficient (Wildman–Crippen LogP) is 4.50. The first-order valence-corrected chi connectivity index (χ1v) is 11.0. The van der Waals surface area contributed by atoms with Gasteiger partial charge in [0.1, 0.15) is 23.3 Å². The molecule has 1 fully saturated rings. The van der Waals surface area contributed by atoms with E-state index in [-0.39, 0.29) is 24.0 Å². The lowest BCUT2D eigenvalue weighted by Gasteiger charge is -2.25. The minimum absolute atomic E-state index is 0.00359. The maximum Gasteiger partial charge on any atom is 0.296 e. The van der Waals surface area contributed by atoms with Gasteiger partial charge < -0.3 is 19.5 Å². The van der Waals surface area contributed by atoms with Crippen molar-refractivity contribution in [1.82, 2.24) is 9.88 Å². The molecular weight excluding hydrogens is 432 g/mol. The number of rotatable bonds is 7. The molecule has 1 aliphatic heterocycles. The van der Waals surface area contributed by atoms with Gasteiger partial charge in [-0.25, -0.2) is 0 Å². The highest BCUT2D eigenvalue weighted by atomic mass is 16.5. The van der Waals surface area contributed by atoms with Gasteiger partial charge in [-0.3, -0.25) is 14.6 Å². The van der Waals surface area contributed by atoms with E-state index in [1.165, 1.54) is 4.90 Å². The van der Waals surface area contributed by atoms with Crippen LogP contribution in [-0.2, 0) is 16.1 Å². The Morgan fingerprint density at radius 2 is 1.74 bits per heavy atom. The molecular formula is C27H26N2O5. The fourth-order valence-electron chi connectivity index (χ4n) is 4.02. The van der Waals surface area contributed by atoms with Crippen molar-refractivity contribution in [2.75, 3.05) is 7.11 Å². The van der Waals surface area contributed by atoms with Crippen molar-refractivity contribution in [2.24, 2.45) is 0 Å². The van der Waals surface area contributed by atoms with Crippen molar-refractivity contribution in [3.63, 3.8) is 0 Å². The largest absolute Gasteiger partial charge is 0.507 e. The molecule has 1 saturated heterocycles. The van der Waals surface area contributed by atoms with Crippen LogP contribution in [0.4, 0.5) is 0 Å². The van der Waals surface area contributed by atoms with Crippen LogP contribution in [0, 0.1) is 0 Å². The van der Waals surface area contributed by atoms with Crippen LogP contribution >= 0.6 is 0 Å². The van der Waals surface area contributed by atoms with E-state index < -0.39 is 17.7 Å². The molecule has 2 aromatic carbocycles. The van der Waals surface area contributed by atoms with Crippen LogP contribution in [0.15, 0.2) is 78.5 Å². The minimum Gasteiger partial charge on any atom is -0.507 e. The molecule has 1 N–H and O–H groups in total. The summed E-state index contributed by atoms with van der Waals surface area (Å²) in [6.45, 7) is 3.96. The second-order valence-corrected chi connectivity index (χ2v) is 8.18. The number of aromatic nitrogens is 1. The topological polar surface area (TPSA) is 89.0 Å². The number of pyridine rings is 1. The van der Waals surface area contributed by atoms with E-state index in [1.807, 2.05) is 32.0 Å². The first-order chi connectivity index (χ1) is 16.4. The number of ether oxygens (including phenoxy) is 2. The highest BCUT2D eigenvalue weighted by Gasteiger charge is 2.46. The number of benzene rings is 2. The van der Waals surface area contributed by atoms with Crippen molar-refractivity contribution < 1.29 is 24.2 Å². The molecule has 1 aliphatic rings. The monoisotopic (exact) mass is 458 g/mol. The van der Waals surface area contributed by atoms with Crippen LogP contribution in [-0.4, -0.2) is 39.9 Å². The zero-order valence-electron chi connectivity index (χ0n) is 19.3. The number of para-hydroxylation sites is 1. The van der Waals surface area contributed by atoms with Crippen molar-refractivity contribution in [3.8, 4) is 11.5 Å². The summed E-state index contributed by atoms with van der Waals surface area (Å²) in [6, 6.07) is 18.5. The molecule has 34 heavy (non-hydrogen) atoms. The Balaban J connectivity index is 1.79. The van der Waals surface area contributed by atoms with Crippen LogP contribution in [0.3, 0.4) is 0 Å². The van der Waals surface area contributed by atoms with E-state index in [9.17, 15) is 14.7 Å². The van der Waals surface area contributed by atoms with E-state index >= 15 is 0 Å². The maximum absolute atomic E-state index is 13.2. The summed E-state index contributed by atoms with van der Waals surface area (Å²) in [5.41, 5.74) is 1.63. The molecule has 7 nitrogen and oxygen atoms in total. The van der Waals surface area contributed by atoms with Crippen molar-refractivity contribution >= 4 is 17.4 Å². The van der Waals surface area contributed by atoms with Gasteiger partial charge in [-0.05, 0) is 56.3 Å². The Labute approximate surface area is 198 Å². The first kappa shape index (κ1) is 23.0. The summed E-state index contributed by atoms with van der Waals surface area (Å²) in [7, 11) is 1.55. The molecule has 7 heteroatoms. The zero-order chi connectivity index (χ0) is 24.2. The number of Topliss-reactive ketones (excluding diaryl/α,β-unsaturated/α-hetero) is 1. The molecule has 3 aromatic rings. The normalized spacial score (nSPS) is 17.3. The van der Waals surface area contributed by atoms with E-state index in [4.69, 9.17) is 9.47 Å². The lowest BCUT2D eigenvalue weighted by Crippen LogP contribution is -2.29. The zero-order valence-corrected chi connectivity index (χ0v) is 19.3. The number of amides is 1. The van der Waals surface area contributed by atoms with Gasteiger partial charge in [-0.2, -0.15) is 0 Å².